The highest BCUT2D eigenvalue weighted by atomic mass is 16.5. The lowest BCUT2D eigenvalue weighted by Crippen LogP contribution is -2.25. The van der Waals surface area contributed by atoms with Crippen LogP contribution in [0.1, 0.15) is 31.9 Å². The fourth-order valence-electron chi connectivity index (χ4n) is 2.35. The lowest BCUT2D eigenvalue weighted by molar-refractivity contribution is -0.142. The fraction of sp³-hybridized carbons (Fsp3) is 0.300. The van der Waals surface area contributed by atoms with Gasteiger partial charge in [-0.3, -0.25) is 4.79 Å². The molecule has 1 aromatic heterocycles. The minimum atomic E-state index is -0.521. The summed E-state index contributed by atoms with van der Waals surface area (Å²) in [7, 11) is 0. The maximum atomic E-state index is 11.9. The number of fused-ring (bicyclic) bond motifs is 1. The summed E-state index contributed by atoms with van der Waals surface area (Å²) in [6.45, 7) is 9.68. The molecule has 0 amide bonds. The largest absolute Gasteiger partial charge is 0.426 e. The highest BCUT2D eigenvalue weighted by molar-refractivity contribution is 5.81. The Morgan fingerprint density at radius 1 is 1.04 bits per heavy atom. The van der Waals surface area contributed by atoms with Crippen LogP contribution in [-0.4, -0.2) is 15.9 Å². The summed E-state index contributed by atoms with van der Waals surface area (Å²) in [5.74, 6) is 1.11. The quantitative estimate of drug-likeness (QED) is 0.545. The summed E-state index contributed by atoms with van der Waals surface area (Å²) in [6.07, 6.45) is 0. The molecular formula is C20H22N2O2. The zero-order chi connectivity index (χ0) is 17.5. The summed E-state index contributed by atoms with van der Waals surface area (Å²) in [6, 6.07) is 11.6. The normalized spacial score (nSPS) is 11.7. The van der Waals surface area contributed by atoms with Crippen molar-refractivity contribution >= 4 is 17.0 Å². The van der Waals surface area contributed by atoms with E-state index in [4.69, 9.17) is 4.74 Å². The Morgan fingerprint density at radius 3 is 2.29 bits per heavy atom. The van der Waals surface area contributed by atoms with E-state index in [1.807, 2.05) is 32.9 Å². The Morgan fingerprint density at radius 2 is 1.67 bits per heavy atom. The van der Waals surface area contributed by atoms with E-state index in [2.05, 4.69) is 35.9 Å². The molecule has 124 valence electrons. The first-order valence-electron chi connectivity index (χ1n) is 8.04. The van der Waals surface area contributed by atoms with Crippen LogP contribution < -0.4 is 4.74 Å². The van der Waals surface area contributed by atoms with E-state index in [1.165, 1.54) is 11.1 Å². The molecule has 1 heterocycles. The number of aromatic amines is 1. The molecule has 24 heavy (non-hydrogen) atoms. The molecule has 3 rings (SSSR count). The van der Waals surface area contributed by atoms with Crippen LogP contribution in [0.3, 0.4) is 0 Å². The van der Waals surface area contributed by atoms with Gasteiger partial charge in [0.15, 0.2) is 0 Å². The summed E-state index contributed by atoms with van der Waals surface area (Å²) in [4.78, 5) is 19.9. The van der Waals surface area contributed by atoms with Crippen LogP contribution in [0.2, 0.25) is 0 Å². The monoisotopic (exact) mass is 322 g/mol. The fourth-order valence-corrected chi connectivity index (χ4v) is 2.35. The van der Waals surface area contributed by atoms with Crippen molar-refractivity contribution in [1.82, 2.24) is 9.97 Å². The number of benzene rings is 2. The molecule has 3 aromatic rings. The standard InChI is InChI=1S/C20H22N2O2/c1-12-10-16-17(11-13(12)2)22-18(21-16)14-6-8-15(9-7-14)24-19(23)20(3,4)5/h6-11H,1-5H3,(H,21,22). The number of nitrogens with zero attached hydrogens (tertiary/aromatic N) is 1. The average molecular weight is 322 g/mol. The maximum Gasteiger partial charge on any atom is 0.316 e. The first-order valence-corrected chi connectivity index (χ1v) is 8.04. The van der Waals surface area contributed by atoms with Crippen molar-refractivity contribution in [2.24, 2.45) is 5.41 Å². The predicted molar refractivity (Wildman–Crippen MR) is 96.1 cm³/mol. The predicted octanol–water partition coefficient (Wildman–Crippen LogP) is 4.80. The van der Waals surface area contributed by atoms with Crippen LogP contribution in [0.5, 0.6) is 5.75 Å². The first kappa shape index (κ1) is 16.2. The van der Waals surface area contributed by atoms with Crippen molar-refractivity contribution in [3.8, 4) is 17.1 Å². The Balaban J connectivity index is 1.87. The second kappa shape index (κ2) is 5.78. The number of aryl methyl sites for hydroxylation is 2. The van der Waals surface area contributed by atoms with E-state index in [0.717, 1.165) is 22.4 Å². The minimum Gasteiger partial charge on any atom is -0.426 e. The summed E-state index contributed by atoms with van der Waals surface area (Å²) >= 11 is 0. The minimum absolute atomic E-state index is 0.245. The molecule has 0 bridgehead atoms. The molecule has 4 nitrogen and oxygen atoms in total. The van der Waals surface area contributed by atoms with Crippen LogP contribution in [0.25, 0.3) is 22.4 Å². The summed E-state index contributed by atoms with van der Waals surface area (Å²) in [5.41, 5.74) is 4.88. The van der Waals surface area contributed by atoms with Crippen LogP contribution in [0.4, 0.5) is 0 Å². The maximum absolute atomic E-state index is 11.9. The van der Waals surface area contributed by atoms with Crippen molar-refractivity contribution in [2.45, 2.75) is 34.6 Å². The molecule has 0 aliphatic carbocycles. The van der Waals surface area contributed by atoms with Crippen molar-refractivity contribution < 1.29 is 9.53 Å². The highest BCUT2D eigenvalue weighted by Gasteiger charge is 2.23. The molecule has 0 saturated carbocycles. The number of esters is 1. The topological polar surface area (TPSA) is 55.0 Å². The van der Waals surface area contributed by atoms with Gasteiger partial charge in [-0.15, -0.1) is 0 Å². The van der Waals surface area contributed by atoms with Crippen molar-refractivity contribution in [3.63, 3.8) is 0 Å². The number of nitrogens with one attached hydrogen (secondary N) is 1. The number of hydrogen-bond donors (Lipinski definition) is 1. The highest BCUT2D eigenvalue weighted by Crippen LogP contribution is 2.25. The zero-order valence-electron chi connectivity index (χ0n) is 14.7. The number of ether oxygens (including phenoxy) is 1. The number of H-pyrrole nitrogens is 1. The Hall–Kier alpha value is -2.62. The molecule has 4 heteroatoms. The molecule has 0 spiro atoms. The van der Waals surface area contributed by atoms with Crippen LogP contribution in [0, 0.1) is 19.3 Å². The van der Waals surface area contributed by atoms with E-state index >= 15 is 0 Å². The van der Waals surface area contributed by atoms with Gasteiger partial charge in [-0.05, 0) is 82.1 Å². The van der Waals surface area contributed by atoms with Gasteiger partial charge in [0.2, 0.25) is 0 Å². The third-order valence-electron chi connectivity index (χ3n) is 4.05. The van der Waals surface area contributed by atoms with Gasteiger partial charge >= 0.3 is 5.97 Å². The number of rotatable bonds is 2. The molecule has 2 aromatic carbocycles. The van der Waals surface area contributed by atoms with E-state index in [-0.39, 0.29) is 5.97 Å². The SMILES string of the molecule is Cc1cc2nc(-c3ccc(OC(=O)C(C)(C)C)cc3)[nH]c2cc1C. The van der Waals surface area contributed by atoms with Crippen LogP contribution in [0.15, 0.2) is 36.4 Å². The second-order valence-electron chi connectivity index (χ2n) is 7.20. The molecule has 0 unspecified atom stereocenters. The number of hydrogen-bond acceptors (Lipinski definition) is 3. The lowest BCUT2D eigenvalue weighted by atomic mass is 9.97. The zero-order valence-corrected chi connectivity index (χ0v) is 14.7. The number of carbonyl (C=O) groups excluding carboxylic acids is 1. The first-order chi connectivity index (χ1) is 11.2. The molecule has 0 fully saturated rings. The average Bonchev–Trinajstić information content (AvgIpc) is 2.90. The summed E-state index contributed by atoms with van der Waals surface area (Å²) < 4.78 is 5.39. The Labute approximate surface area is 141 Å². The van der Waals surface area contributed by atoms with Gasteiger partial charge in [-0.2, -0.15) is 0 Å². The van der Waals surface area contributed by atoms with E-state index in [1.54, 1.807) is 12.1 Å². The van der Waals surface area contributed by atoms with Gasteiger partial charge in [0.05, 0.1) is 16.4 Å². The summed E-state index contributed by atoms with van der Waals surface area (Å²) in [5, 5.41) is 0. The number of aromatic nitrogens is 2. The Bertz CT molecular complexity index is 861. The van der Waals surface area contributed by atoms with Gasteiger partial charge in [0.1, 0.15) is 11.6 Å². The molecular weight excluding hydrogens is 300 g/mol. The Kier molecular flexibility index (Phi) is 3.91. The van der Waals surface area contributed by atoms with E-state index in [9.17, 15) is 4.79 Å². The van der Waals surface area contributed by atoms with Crippen molar-refractivity contribution in [1.29, 1.82) is 0 Å². The molecule has 0 aliphatic rings. The molecule has 1 N–H and O–H groups in total. The third-order valence-corrected chi connectivity index (χ3v) is 4.05. The van der Waals surface area contributed by atoms with Gasteiger partial charge in [0.25, 0.3) is 0 Å². The van der Waals surface area contributed by atoms with Crippen LogP contribution in [-0.2, 0) is 4.79 Å². The smallest absolute Gasteiger partial charge is 0.316 e. The molecule has 0 aliphatic heterocycles. The van der Waals surface area contributed by atoms with Gasteiger partial charge < -0.3 is 9.72 Å². The second-order valence-corrected chi connectivity index (χ2v) is 7.20. The van der Waals surface area contributed by atoms with Crippen LogP contribution >= 0.6 is 0 Å². The van der Waals surface area contributed by atoms with Gasteiger partial charge in [-0.25, -0.2) is 4.98 Å². The third kappa shape index (κ3) is 3.18. The van der Waals surface area contributed by atoms with Gasteiger partial charge in [0, 0.05) is 5.56 Å². The van der Waals surface area contributed by atoms with E-state index in [0.29, 0.717) is 5.75 Å². The lowest BCUT2D eigenvalue weighted by Gasteiger charge is -2.16. The van der Waals surface area contributed by atoms with Crippen molar-refractivity contribution in [3.05, 3.63) is 47.5 Å². The van der Waals surface area contributed by atoms with E-state index < -0.39 is 5.41 Å². The number of carbonyl (C=O) groups is 1. The molecule has 0 saturated heterocycles. The molecule has 0 atom stereocenters. The molecule has 0 radical (unpaired) electrons. The number of imidazole rings is 1. The van der Waals surface area contributed by atoms with Gasteiger partial charge in [-0.1, -0.05) is 0 Å². The van der Waals surface area contributed by atoms with Crippen molar-refractivity contribution in [2.75, 3.05) is 0 Å².